The van der Waals surface area contributed by atoms with Gasteiger partial charge >= 0.3 is 12.2 Å². The number of hydrogen-bond donors (Lipinski definition) is 1. The van der Waals surface area contributed by atoms with Crippen LogP contribution in [0, 0.1) is 0 Å². The molecule has 1 N–H and O–H groups in total. The molecule has 1 aromatic carbocycles. The summed E-state index contributed by atoms with van der Waals surface area (Å²) in [4.78, 5) is 24.6. The lowest BCUT2D eigenvalue weighted by molar-refractivity contribution is 0.0425. The van der Waals surface area contributed by atoms with Gasteiger partial charge in [-0.15, -0.1) is 0 Å². The highest BCUT2D eigenvalue weighted by molar-refractivity contribution is 9.10. The summed E-state index contributed by atoms with van der Waals surface area (Å²) in [6.45, 7) is 10.3. The van der Waals surface area contributed by atoms with Gasteiger partial charge in [-0.25, -0.2) is 15.0 Å². The molecule has 1 rings (SSSR count). The summed E-state index contributed by atoms with van der Waals surface area (Å²) in [5.74, 6) is 0. The van der Waals surface area contributed by atoms with E-state index in [1.165, 1.54) is 0 Å². The van der Waals surface area contributed by atoms with Gasteiger partial charge in [-0.05, 0) is 69.6 Å². The molecule has 0 heterocycles. The molecule has 0 spiro atoms. The normalized spacial score (nSPS) is 11.7. The summed E-state index contributed by atoms with van der Waals surface area (Å²) < 4.78 is 11.0. The number of anilines is 1. The van der Waals surface area contributed by atoms with Crippen LogP contribution < -0.4 is 10.4 Å². The molecule has 24 heavy (non-hydrogen) atoms. The monoisotopic (exact) mass is 420 g/mol. The van der Waals surface area contributed by atoms with E-state index in [1.54, 1.807) is 59.7 Å². The molecule has 0 bridgehead atoms. The highest BCUT2D eigenvalue weighted by atomic mass is 79.9. The number of rotatable bonds is 1. The first-order valence-corrected chi connectivity index (χ1v) is 8.44. The summed E-state index contributed by atoms with van der Waals surface area (Å²) in [5, 5.41) is 1.18. The number of nitrogens with zero attached hydrogens (tertiary/aromatic N) is 1. The van der Waals surface area contributed by atoms with Gasteiger partial charge in [0.15, 0.2) is 0 Å². The maximum absolute atomic E-state index is 12.5. The second-order valence-electron chi connectivity index (χ2n) is 7.00. The molecule has 0 aliphatic carbocycles. The molecule has 6 nitrogen and oxygen atoms in total. The number of benzene rings is 1. The summed E-state index contributed by atoms with van der Waals surface area (Å²) >= 11 is 9.51. The second kappa shape index (κ2) is 7.61. The molecule has 2 amide bonds. The minimum absolute atomic E-state index is 0.249. The Morgan fingerprint density at radius 2 is 1.62 bits per heavy atom. The van der Waals surface area contributed by atoms with E-state index in [9.17, 15) is 9.59 Å². The number of halogens is 2. The van der Waals surface area contributed by atoms with Gasteiger partial charge in [0.2, 0.25) is 0 Å². The van der Waals surface area contributed by atoms with Crippen LogP contribution in [0.1, 0.15) is 41.5 Å². The van der Waals surface area contributed by atoms with Gasteiger partial charge in [0.05, 0.1) is 5.02 Å². The topological polar surface area (TPSA) is 67.9 Å². The number of amides is 2. The molecule has 0 radical (unpaired) electrons. The van der Waals surface area contributed by atoms with E-state index in [2.05, 4.69) is 21.4 Å². The number of hydrogen-bond acceptors (Lipinski definition) is 4. The predicted molar refractivity (Wildman–Crippen MR) is 97.2 cm³/mol. The molecule has 0 aromatic heterocycles. The number of ether oxygens (including phenoxy) is 2. The Bertz CT molecular complexity index is 603. The van der Waals surface area contributed by atoms with Crippen molar-refractivity contribution >= 4 is 45.4 Å². The Labute approximate surface area is 155 Å². The van der Waals surface area contributed by atoms with Crippen molar-refractivity contribution in [3.8, 4) is 0 Å². The maximum atomic E-state index is 12.5. The third-order valence-corrected chi connectivity index (χ3v) is 3.28. The first kappa shape index (κ1) is 20.6. The van der Waals surface area contributed by atoms with Crippen molar-refractivity contribution in [2.24, 2.45) is 0 Å². The molecule has 0 aliphatic rings. The number of carbonyl (C=O) groups excluding carboxylic acids is 2. The van der Waals surface area contributed by atoms with Gasteiger partial charge in [-0.1, -0.05) is 17.7 Å². The van der Waals surface area contributed by atoms with Crippen molar-refractivity contribution in [1.29, 1.82) is 0 Å². The van der Waals surface area contributed by atoms with Crippen LogP contribution in [-0.4, -0.2) is 23.4 Å². The molecule has 0 saturated heterocycles. The van der Waals surface area contributed by atoms with E-state index in [1.807, 2.05) is 0 Å². The Balaban J connectivity index is 3.17. The average Bonchev–Trinajstić information content (AvgIpc) is 2.32. The van der Waals surface area contributed by atoms with Crippen molar-refractivity contribution in [2.75, 3.05) is 5.01 Å². The first-order valence-electron chi connectivity index (χ1n) is 7.27. The lowest BCUT2D eigenvalue weighted by Crippen LogP contribution is -2.50. The quantitative estimate of drug-likeness (QED) is 0.626. The van der Waals surface area contributed by atoms with E-state index >= 15 is 0 Å². The molecule has 8 heteroatoms. The molecule has 1 aromatic rings. The Morgan fingerprint density at radius 3 is 2.08 bits per heavy atom. The van der Waals surface area contributed by atoms with Crippen molar-refractivity contribution in [1.82, 2.24) is 5.43 Å². The summed E-state index contributed by atoms with van der Waals surface area (Å²) in [5.41, 5.74) is 1.15. The molecule has 0 aliphatic heterocycles. The second-order valence-corrected chi connectivity index (χ2v) is 8.26. The van der Waals surface area contributed by atoms with Crippen molar-refractivity contribution in [3.63, 3.8) is 0 Å². The third-order valence-electron chi connectivity index (χ3n) is 2.34. The zero-order chi connectivity index (χ0) is 18.7. The fourth-order valence-corrected chi connectivity index (χ4v) is 2.51. The highest BCUT2D eigenvalue weighted by Gasteiger charge is 2.29. The molecular formula is C16H22BrClN2O4. The van der Waals surface area contributed by atoms with Crippen molar-refractivity contribution < 1.29 is 19.1 Å². The Morgan fingerprint density at radius 1 is 1.08 bits per heavy atom. The van der Waals surface area contributed by atoms with Crippen LogP contribution in [0.25, 0.3) is 0 Å². The van der Waals surface area contributed by atoms with Gasteiger partial charge in [-0.2, -0.15) is 5.01 Å². The SMILES string of the molecule is CC(C)(C)OC(=O)NN(C(=O)OC(C)(C)C)c1c(Cl)cccc1Br. The van der Waals surface area contributed by atoms with Crippen LogP contribution in [0.2, 0.25) is 5.02 Å². The Kier molecular flexibility index (Phi) is 6.52. The van der Waals surface area contributed by atoms with Crippen LogP contribution in [-0.2, 0) is 9.47 Å². The van der Waals surface area contributed by atoms with Gasteiger partial charge in [0.25, 0.3) is 0 Å². The largest absolute Gasteiger partial charge is 0.443 e. The predicted octanol–water partition coefficient (Wildman–Crippen LogP) is 5.28. The van der Waals surface area contributed by atoms with Gasteiger partial charge < -0.3 is 9.47 Å². The van der Waals surface area contributed by atoms with Crippen LogP contribution >= 0.6 is 27.5 Å². The zero-order valence-corrected chi connectivity index (χ0v) is 16.9. The zero-order valence-electron chi connectivity index (χ0n) is 14.6. The molecule has 134 valence electrons. The van der Waals surface area contributed by atoms with Gasteiger partial charge in [0, 0.05) is 4.47 Å². The lowest BCUT2D eigenvalue weighted by Gasteiger charge is -2.29. The number of hydrazine groups is 1. The molecule has 0 atom stereocenters. The molecule has 0 fully saturated rings. The standard InChI is InChI=1S/C16H22BrClN2O4/c1-15(2,3)23-13(21)19-20(14(22)24-16(4,5)6)12-10(17)8-7-9-11(12)18/h7-9H,1-6H3,(H,19,21). The van der Waals surface area contributed by atoms with E-state index in [-0.39, 0.29) is 10.7 Å². The molecule has 0 unspecified atom stereocenters. The van der Waals surface area contributed by atoms with E-state index < -0.39 is 23.4 Å². The summed E-state index contributed by atoms with van der Waals surface area (Å²) in [6, 6.07) is 4.99. The van der Waals surface area contributed by atoms with Crippen LogP contribution in [0.5, 0.6) is 0 Å². The number of para-hydroxylation sites is 1. The summed E-state index contributed by atoms with van der Waals surface area (Å²) in [7, 11) is 0. The molecular weight excluding hydrogens is 400 g/mol. The fraction of sp³-hybridized carbons (Fsp3) is 0.500. The van der Waals surface area contributed by atoms with Gasteiger partial charge in [0.1, 0.15) is 16.9 Å². The third kappa shape index (κ3) is 6.57. The van der Waals surface area contributed by atoms with E-state index in [0.29, 0.717) is 4.47 Å². The highest BCUT2D eigenvalue weighted by Crippen LogP contribution is 2.33. The number of nitrogens with one attached hydrogen (secondary N) is 1. The first-order chi connectivity index (χ1) is 10.8. The van der Waals surface area contributed by atoms with Crippen LogP contribution in [0.15, 0.2) is 22.7 Å². The Hall–Kier alpha value is -1.47. The van der Waals surface area contributed by atoms with Gasteiger partial charge in [-0.3, -0.25) is 0 Å². The van der Waals surface area contributed by atoms with E-state index in [0.717, 1.165) is 5.01 Å². The van der Waals surface area contributed by atoms with Crippen LogP contribution in [0.3, 0.4) is 0 Å². The van der Waals surface area contributed by atoms with Crippen molar-refractivity contribution in [3.05, 3.63) is 27.7 Å². The van der Waals surface area contributed by atoms with Crippen LogP contribution in [0.4, 0.5) is 15.3 Å². The lowest BCUT2D eigenvalue weighted by atomic mass is 10.2. The van der Waals surface area contributed by atoms with Crippen molar-refractivity contribution in [2.45, 2.75) is 52.7 Å². The smallest absolute Gasteiger partial charge is 0.434 e. The minimum atomic E-state index is -0.805. The minimum Gasteiger partial charge on any atom is -0.443 e. The number of carbonyl (C=O) groups is 2. The molecule has 0 saturated carbocycles. The average molecular weight is 422 g/mol. The van der Waals surface area contributed by atoms with E-state index in [4.69, 9.17) is 21.1 Å². The fourth-order valence-electron chi connectivity index (χ4n) is 1.60. The maximum Gasteiger partial charge on any atom is 0.434 e. The summed E-state index contributed by atoms with van der Waals surface area (Å²) in [6.07, 6.45) is -1.60.